The molecule has 17 heavy (non-hydrogen) atoms. The topological polar surface area (TPSA) is 29.4 Å². The zero-order valence-corrected chi connectivity index (χ0v) is 11.9. The Bertz CT molecular complexity index is 619. The average molecular weight is 331 g/mol. The van der Waals surface area contributed by atoms with Crippen LogP contribution in [0, 0.1) is 0 Å². The minimum absolute atomic E-state index is 0.506. The minimum atomic E-state index is -2.90. The van der Waals surface area contributed by atoms with E-state index in [1.807, 2.05) is 18.2 Å². The second-order valence-corrected chi connectivity index (χ2v) is 7.08. The highest BCUT2D eigenvalue weighted by Gasteiger charge is 2.08. The summed E-state index contributed by atoms with van der Waals surface area (Å²) in [5.41, 5.74) is 0.607. The van der Waals surface area contributed by atoms with Crippen LogP contribution in [0.25, 0.3) is 0 Å². The summed E-state index contributed by atoms with van der Waals surface area (Å²) < 4.78 is 17.2. The van der Waals surface area contributed by atoms with Crippen LogP contribution in [0.2, 0.25) is 0 Å². The van der Waals surface area contributed by atoms with Crippen LogP contribution in [0.5, 0.6) is 0 Å². The third kappa shape index (κ3) is 3.31. The van der Waals surface area contributed by atoms with Gasteiger partial charge in [-0.05, 0) is 36.4 Å². The molecule has 0 heterocycles. The normalized spacial score (nSPS) is 14.0. The third-order valence-corrected chi connectivity index (χ3v) is 4.65. The van der Waals surface area contributed by atoms with Gasteiger partial charge < -0.3 is 0 Å². The second-order valence-electron chi connectivity index (χ2n) is 3.34. The summed E-state index contributed by atoms with van der Waals surface area (Å²) in [5.74, 6) is 0. The first-order valence-corrected chi connectivity index (χ1v) is 7.99. The highest BCUT2D eigenvalue weighted by Crippen LogP contribution is 2.24. The van der Waals surface area contributed by atoms with Gasteiger partial charge in [0.1, 0.15) is 0 Å². The van der Waals surface area contributed by atoms with E-state index < -0.39 is 8.94 Å². The van der Waals surface area contributed by atoms with Gasteiger partial charge in [-0.15, -0.1) is 0 Å². The molecule has 0 amide bonds. The van der Waals surface area contributed by atoms with Gasteiger partial charge in [0.25, 0.3) is 0 Å². The SMILES string of the molecule is O=S(Cl)(=Nc1ccccc1)c1ccc(Br)cc1. The molecule has 0 aliphatic carbocycles. The monoisotopic (exact) mass is 329 g/mol. The Kier molecular flexibility index (Phi) is 3.86. The fourth-order valence-electron chi connectivity index (χ4n) is 1.28. The van der Waals surface area contributed by atoms with E-state index in [1.165, 1.54) is 0 Å². The fourth-order valence-corrected chi connectivity index (χ4v) is 3.06. The number of hydrogen-bond donors (Lipinski definition) is 0. The van der Waals surface area contributed by atoms with Crippen molar-refractivity contribution in [3.05, 3.63) is 59.1 Å². The molecule has 1 unspecified atom stereocenters. The van der Waals surface area contributed by atoms with Crippen LogP contribution in [0.3, 0.4) is 0 Å². The van der Waals surface area contributed by atoms with Gasteiger partial charge in [-0.1, -0.05) is 34.1 Å². The van der Waals surface area contributed by atoms with E-state index in [9.17, 15) is 4.21 Å². The minimum Gasteiger partial charge on any atom is -0.228 e. The Morgan fingerprint density at radius 1 is 1.00 bits per heavy atom. The summed E-state index contributed by atoms with van der Waals surface area (Å²) in [6.07, 6.45) is 0. The Balaban J connectivity index is 2.46. The van der Waals surface area contributed by atoms with Crippen LogP contribution in [-0.4, -0.2) is 4.21 Å². The van der Waals surface area contributed by atoms with Crippen molar-refractivity contribution in [2.45, 2.75) is 4.90 Å². The van der Waals surface area contributed by atoms with Crippen molar-refractivity contribution in [2.75, 3.05) is 0 Å². The van der Waals surface area contributed by atoms with Crippen molar-refractivity contribution in [2.24, 2.45) is 4.36 Å². The van der Waals surface area contributed by atoms with Crippen LogP contribution < -0.4 is 0 Å². The van der Waals surface area contributed by atoms with E-state index in [0.717, 1.165) is 4.47 Å². The molecule has 0 aliphatic rings. The molecule has 0 bridgehead atoms. The molecule has 0 aromatic heterocycles. The average Bonchev–Trinajstić information content (AvgIpc) is 2.30. The van der Waals surface area contributed by atoms with Crippen molar-refractivity contribution in [3.8, 4) is 0 Å². The number of halogens is 2. The lowest BCUT2D eigenvalue weighted by molar-refractivity contribution is 0.685. The van der Waals surface area contributed by atoms with Crippen LogP contribution >= 0.6 is 26.6 Å². The molecule has 2 aromatic rings. The molecule has 2 nitrogen and oxygen atoms in total. The van der Waals surface area contributed by atoms with E-state index in [2.05, 4.69) is 20.3 Å². The molecule has 88 valence electrons. The highest BCUT2D eigenvalue weighted by atomic mass is 79.9. The maximum absolute atomic E-state index is 12.3. The van der Waals surface area contributed by atoms with Crippen LogP contribution in [0.1, 0.15) is 0 Å². The predicted molar refractivity (Wildman–Crippen MR) is 74.9 cm³/mol. The number of nitrogens with zero attached hydrogens (tertiary/aromatic N) is 1. The molecule has 2 rings (SSSR count). The van der Waals surface area contributed by atoms with Gasteiger partial charge in [-0.25, -0.2) is 4.21 Å². The van der Waals surface area contributed by atoms with Crippen LogP contribution in [0.4, 0.5) is 5.69 Å². The molecule has 5 heteroatoms. The highest BCUT2D eigenvalue weighted by molar-refractivity contribution is 9.10. The largest absolute Gasteiger partial charge is 0.228 e. The maximum Gasteiger partial charge on any atom is 0.164 e. The first kappa shape index (κ1) is 12.6. The molecule has 0 spiro atoms. The van der Waals surface area contributed by atoms with Crippen molar-refractivity contribution in [1.82, 2.24) is 0 Å². The summed E-state index contributed by atoms with van der Waals surface area (Å²) in [5, 5.41) is 0. The zero-order valence-electron chi connectivity index (χ0n) is 8.72. The predicted octanol–water partition coefficient (Wildman–Crippen LogP) is 4.76. The molecule has 0 fully saturated rings. The standard InChI is InChI=1S/C12H9BrClNOS/c13-10-6-8-12(9-7-10)17(14,16)15-11-4-2-1-3-5-11/h1-9H. The summed E-state index contributed by atoms with van der Waals surface area (Å²) >= 11 is 3.31. The summed E-state index contributed by atoms with van der Waals surface area (Å²) in [4.78, 5) is 0.506. The first-order chi connectivity index (χ1) is 8.08. The second kappa shape index (κ2) is 5.21. The Morgan fingerprint density at radius 3 is 2.18 bits per heavy atom. The van der Waals surface area contributed by atoms with Gasteiger partial charge in [0.05, 0.1) is 10.6 Å². The summed E-state index contributed by atoms with van der Waals surface area (Å²) in [7, 11) is 3.09. The lowest BCUT2D eigenvalue weighted by Gasteiger charge is -2.02. The first-order valence-electron chi connectivity index (χ1n) is 4.85. The van der Waals surface area contributed by atoms with Gasteiger partial charge in [0.15, 0.2) is 8.94 Å². The van der Waals surface area contributed by atoms with Crippen LogP contribution in [-0.2, 0) is 8.94 Å². The van der Waals surface area contributed by atoms with Crippen molar-refractivity contribution >= 4 is 41.2 Å². The number of hydrogen-bond acceptors (Lipinski definition) is 2. The van der Waals surface area contributed by atoms with E-state index in [-0.39, 0.29) is 0 Å². The van der Waals surface area contributed by atoms with E-state index >= 15 is 0 Å². The van der Waals surface area contributed by atoms with Crippen molar-refractivity contribution in [1.29, 1.82) is 0 Å². The molecule has 1 atom stereocenters. The van der Waals surface area contributed by atoms with Gasteiger partial charge in [-0.3, -0.25) is 0 Å². The molecule has 0 saturated heterocycles. The molecule has 0 N–H and O–H groups in total. The Hall–Kier alpha value is -0.840. The molecule has 2 aromatic carbocycles. The number of rotatable bonds is 2. The maximum atomic E-state index is 12.3. The summed E-state index contributed by atoms with van der Waals surface area (Å²) in [6, 6.07) is 16.0. The fraction of sp³-hybridized carbons (Fsp3) is 0. The van der Waals surface area contributed by atoms with Gasteiger partial charge >= 0.3 is 0 Å². The van der Waals surface area contributed by atoms with E-state index in [1.54, 1.807) is 36.4 Å². The van der Waals surface area contributed by atoms with Gasteiger partial charge in [-0.2, -0.15) is 4.36 Å². The van der Waals surface area contributed by atoms with Crippen molar-refractivity contribution in [3.63, 3.8) is 0 Å². The van der Waals surface area contributed by atoms with Gasteiger partial charge in [0.2, 0.25) is 0 Å². The van der Waals surface area contributed by atoms with E-state index in [0.29, 0.717) is 10.6 Å². The zero-order chi connectivity index (χ0) is 12.3. The van der Waals surface area contributed by atoms with Crippen LogP contribution in [0.15, 0.2) is 68.3 Å². The third-order valence-electron chi connectivity index (χ3n) is 2.08. The summed E-state index contributed by atoms with van der Waals surface area (Å²) in [6.45, 7) is 0. The number of benzene rings is 2. The quantitative estimate of drug-likeness (QED) is 0.730. The Labute approximate surface area is 113 Å². The Morgan fingerprint density at radius 2 is 1.59 bits per heavy atom. The molecule has 0 saturated carbocycles. The lowest BCUT2D eigenvalue weighted by Crippen LogP contribution is -1.89. The molecular formula is C12H9BrClNOS. The molecule has 0 aliphatic heterocycles. The molecular weight excluding hydrogens is 322 g/mol. The van der Waals surface area contributed by atoms with E-state index in [4.69, 9.17) is 10.7 Å². The lowest BCUT2D eigenvalue weighted by atomic mass is 10.3. The smallest absolute Gasteiger partial charge is 0.164 e. The van der Waals surface area contributed by atoms with Gasteiger partial charge in [0, 0.05) is 15.2 Å². The molecule has 0 radical (unpaired) electrons. The van der Waals surface area contributed by atoms with Crippen molar-refractivity contribution < 1.29 is 4.21 Å².